The fraction of sp³-hybridized carbons (Fsp3) is 0.308. The van der Waals surface area contributed by atoms with E-state index in [1.165, 1.54) is 0 Å². The van der Waals surface area contributed by atoms with Gasteiger partial charge in [-0.1, -0.05) is 12.1 Å². The van der Waals surface area contributed by atoms with E-state index in [1.54, 1.807) is 30.7 Å². The van der Waals surface area contributed by atoms with E-state index in [0.717, 1.165) is 16.8 Å². The number of aromatic amines is 1. The topological polar surface area (TPSA) is 131 Å². The third kappa shape index (κ3) is 4.19. The van der Waals surface area contributed by atoms with Crippen LogP contribution >= 0.6 is 0 Å². The first kappa shape index (κ1) is 22.8. The molecule has 9 nitrogen and oxygen atoms in total. The summed E-state index contributed by atoms with van der Waals surface area (Å²) in [4.78, 5) is 41.6. The van der Waals surface area contributed by atoms with Gasteiger partial charge >= 0.3 is 0 Å². The zero-order valence-corrected chi connectivity index (χ0v) is 19.7. The van der Waals surface area contributed by atoms with Gasteiger partial charge in [0, 0.05) is 30.5 Å². The fourth-order valence-electron chi connectivity index (χ4n) is 4.52. The Labute approximate surface area is 202 Å². The van der Waals surface area contributed by atoms with E-state index in [2.05, 4.69) is 25.1 Å². The van der Waals surface area contributed by atoms with Crippen molar-refractivity contribution in [3.8, 4) is 0 Å². The number of carbonyl (C=O) groups is 1. The van der Waals surface area contributed by atoms with Gasteiger partial charge in [0.15, 0.2) is 0 Å². The normalized spacial score (nSPS) is 15.1. The molecule has 0 aliphatic heterocycles. The van der Waals surface area contributed by atoms with Crippen molar-refractivity contribution in [2.75, 3.05) is 0 Å². The van der Waals surface area contributed by atoms with Crippen LogP contribution in [0.2, 0.25) is 0 Å². The number of aromatic nitrogens is 5. The third-order valence-corrected chi connectivity index (χ3v) is 6.77. The van der Waals surface area contributed by atoms with E-state index in [-0.39, 0.29) is 24.1 Å². The number of amides is 1. The van der Waals surface area contributed by atoms with E-state index < -0.39 is 5.41 Å². The molecule has 5 rings (SSSR count). The largest absolute Gasteiger partial charge is 0.326 e. The minimum Gasteiger partial charge on any atom is -0.326 e. The SMILES string of the molecule is Cc1ccc(CN(C(=O)C2(c3ccc4c(=O)[nH]nc(CN)c4c3)CC2)C(C)c2ncccn2)nc1. The fourth-order valence-corrected chi connectivity index (χ4v) is 4.52. The van der Waals surface area contributed by atoms with Crippen LogP contribution in [0.25, 0.3) is 10.8 Å². The number of hydrogen-bond donors (Lipinski definition) is 2. The molecule has 1 amide bonds. The lowest BCUT2D eigenvalue weighted by atomic mass is 9.91. The number of carbonyl (C=O) groups excluding carboxylic acids is 1. The van der Waals surface area contributed by atoms with Crippen LogP contribution in [0.1, 0.15) is 54.1 Å². The Morgan fingerprint density at radius 1 is 1.14 bits per heavy atom. The standard InChI is InChI=1S/C26H27N7O2/c1-16-4-6-19(30-14-16)15-33(17(2)23-28-10-3-11-29-23)25(35)26(8-9-26)18-5-7-20-21(12-18)22(13-27)31-32-24(20)34/h3-7,10-12,14,17H,8-9,13,15,27H2,1-2H3,(H,32,34). The summed E-state index contributed by atoms with van der Waals surface area (Å²) in [5, 5.41) is 7.78. The van der Waals surface area contributed by atoms with Gasteiger partial charge in [-0.2, -0.15) is 5.10 Å². The van der Waals surface area contributed by atoms with Crippen molar-refractivity contribution >= 4 is 16.7 Å². The van der Waals surface area contributed by atoms with Gasteiger partial charge in [-0.05, 0) is 62.1 Å². The number of H-pyrrole nitrogens is 1. The molecule has 3 heterocycles. The Hall–Kier alpha value is -3.98. The summed E-state index contributed by atoms with van der Waals surface area (Å²) in [6, 6.07) is 10.9. The van der Waals surface area contributed by atoms with E-state index in [1.807, 2.05) is 43.0 Å². The van der Waals surface area contributed by atoms with Crippen LogP contribution < -0.4 is 11.3 Å². The Kier molecular flexibility index (Phi) is 5.86. The molecule has 9 heteroatoms. The summed E-state index contributed by atoms with van der Waals surface area (Å²) in [6.45, 7) is 4.44. The van der Waals surface area contributed by atoms with Gasteiger partial charge in [0.25, 0.3) is 5.56 Å². The Balaban J connectivity index is 1.55. The minimum absolute atomic E-state index is 0.00808. The summed E-state index contributed by atoms with van der Waals surface area (Å²) in [7, 11) is 0. The number of pyridine rings is 1. The van der Waals surface area contributed by atoms with Crippen molar-refractivity contribution in [1.29, 1.82) is 0 Å². The van der Waals surface area contributed by atoms with Crippen molar-refractivity contribution in [1.82, 2.24) is 30.0 Å². The van der Waals surface area contributed by atoms with Crippen molar-refractivity contribution in [3.05, 3.63) is 93.7 Å². The van der Waals surface area contributed by atoms with Gasteiger partial charge < -0.3 is 10.6 Å². The molecule has 35 heavy (non-hydrogen) atoms. The highest BCUT2D eigenvalue weighted by atomic mass is 16.2. The number of nitrogens with two attached hydrogens (primary N) is 1. The van der Waals surface area contributed by atoms with E-state index in [9.17, 15) is 9.59 Å². The zero-order valence-electron chi connectivity index (χ0n) is 19.7. The van der Waals surface area contributed by atoms with Crippen molar-refractivity contribution < 1.29 is 4.79 Å². The maximum absolute atomic E-state index is 14.2. The average molecular weight is 470 g/mol. The molecule has 0 bridgehead atoms. The summed E-state index contributed by atoms with van der Waals surface area (Å²) in [5.41, 5.74) is 8.21. The second kappa shape index (κ2) is 8.99. The maximum Gasteiger partial charge on any atom is 0.272 e. The van der Waals surface area contributed by atoms with E-state index in [4.69, 9.17) is 5.73 Å². The van der Waals surface area contributed by atoms with Crippen LogP contribution in [-0.4, -0.2) is 36.0 Å². The molecule has 0 radical (unpaired) electrons. The second-order valence-corrected chi connectivity index (χ2v) is 9.09. The number of hydrogen-bond acceptors (Lipinski definition) is 7. The molecule has 1 aromatic carbocycles. The third-order valence-electron chi connectivity index (χ3n) is 6.77. The molecular weight excluding hydrogens is 442 g/mol. The maximum atomic E-state index is 14.2. The molecule has 178 valence electrons. The van der Waals surface area contributed by atoms with E-state index >= 15 is 0 Å². The number of fused-ring (bicyclic) bond motifs is 1. The summed E-state index contributed by atoms with van der Waals surface area (Å²) < 4.78 is 0. The summed E-state index contributed by atoms with van der Waals surface area (Å²) in [5.74, 6) is 0.565. The van der Waals surface area contributed by atoms with Crippen molar-refractivity contribution in [2.24, 2.45) is 5.73 Å². The Morgan fingerprint density at radius 2 is 1.91 bits per heavy atom. The number of nitrogens with zero attached hydrogens (tertiary/aromatic N) is 5. The van der Waals surface area contributed by atoms with Gasteiger partial charge in [-0.3, -0.25) is 14.6 Å². The van der Waals surface area contributed by atoms with Crippen molar-refractivity contribution in [3.63, 3.8) is 0 Å². The molecule has 1 saturated carbocycles. The molecule has 1 atom stereocenters. The molecule has 1 aliphatic carbocycles. The van der Waals surface area contributed by atoms with Gasteiger partial charge in [-0.25, -0.2) is 15.1 Å². The van der Waals surface area contributed by atoms with Gasteiger partial charge in [0.05, 0.1) is 34.8 Å². The Morgan fingerprint density at radius 3 is 2.57 bits per heavy atom. The highest BCUT2D eigenvalue weighted by molar-refractivity contribution is 5.94. The molecule has 3 N–H and O–H groups in total. The summed E-state index contributed by atoms with van der Waals surface area (Å²) >= 11 is 0. The highest BCUT2D eigenvalue weighted by Crippen LogP contribution is 2.51. The van der Waals surface area contributed by atoms with Gasteiger partial charge in [0.1, 0.15) is 5.82 Å². The predicted molar refractivity (Wildman–Crippen MR) is 131 cm³/mol. The molecule has 0 spiro atoms. The average Bonchev–Trinajstić information content (AvgIpc) is 3.70. The first-order valence-corrected chi connectivity index (χ1v) is 11.6. The number of nitrogens with one attached hydrogen (secondary N) is 1. The highest BCUT2D eigenvalue weighted by Gasteiger charge is 2.54. The van der Waals surface area contributed by atoms with Crippen LogP contribution in [0.3, 0.4) is 0 Å². The molecule has 1 fully saturated rings. The molecular formula is C26H27N7O2. The molecule has 0 saturated heterocycles. The van der Waals surface area contributed by atoms with E-state index in [0.29, 0.717) is 41.7 Å². The molecule has 1 aliphatic rings. The lowest BCUT2D eigenvalue weighted by molar-refractivity contribution is -0.137. The minimum atomic E-state index is -0.684. The molecule has 3 aromatic heterocycles. The number of aryl methyl sites for hydroxylation is 1. The first-order valence-electron chi connectivity index (χ1n) is 11.6. The Bertz CT molecular complexity index is 1430. The quantitative estimate of drug-likeness (QED) is 0.425. The number of rotatable bonds is 7. The van der Waals surface area contributed by atoms with Crippen LogP contribution in [0, 0.1) is 6.92 Å². The predicted octanol–water partition coefficient (Wildman–Crippen LogP) is 2.70. The van der Waals surface area contributed by atoms with Gasteiger partial charge in [0.2, 0.25) is 5.91 Å². The summed E-state index contributed by atoms with van der Waals surface area (Å²) in [6.07, 6.45) is 6.59. The van der Waals surface area contributed by atoms with Crippen LogP contribution in [0.4, 0.5) is 0 Å². The number of benzene rings is 1. The second-order valence-electron chi connectivity index (χ2n) is 9.09. The lowest BCUT2D eigenvalue weighted by Gasteiger charge is -2.32. The van der Waals surface area contributed by atoms with Crippen LogP contribution in [-0.2, 0) is 23.3 Å². The zero-order chi connectivity index (χ0) is 24.6. The van der Waals surface area contributed by atoms with Crippen LogP contribution in [0.15, 0.2) is 59.8 Å². The van der Waals surface area contributed by atoms with Crippen molar-refractivity contribution in [2.45, 2.75) is 51.2 Å². The monoisotopic (exact) mass is 469 g/mol. The lowest BCUT2D eigenvalue weighted by Crippen LogP contribution is -2.41. The van der Waals surface area contributed by atoms with Crippen LogP contribution in [0.5, 0.6) is 0 Å². The van der Waals surface area contributed by atoms with Gasteiger partial charge in [-0.15, -0.1) is 0 Å². The molecule has 1 unspecified atom stereocenters. The smallest absolute Gasteiger partial charge is 0.272 e. The first-order chi connectivity index (χ1) is 16.9. The molecule has 4 aromatic rings.